The molecule has 0 aliphatic carbocycles. The molecule has 0 aliphatic heterocycles. The number of hydrogen-bond acceptors (Lipinski definition) is 2. The van der Waals surface area contributed by atoms with E-state index in [4.69, 9.17) is 4.74 Å². The molecule has 0 atom stereocenters. The summed E-state index contributed by atoms with van der Waals surface area (Å²) >= 11 is 3.11. The lowest BCUT2D eigenvalue weighted by Crippen LogP contribution is -2.12. The van der Waals surface area contributed by atoms with Crippen LogP contribution in [0.3, 0.4) is 0 Å². The number of aryl methyl sites for hydroxylation is 1. The van der Waals surface area contributed by atoms with E-state index in [1.165, 1.54) is 5.56 Å². The van der Waals surface area contributed by atoms with Gasteiger partial charge in [0.2, 0.25) is 5.91 Å². The Morgan fingerprint density at radius 2 is 1.89 bits per heavy atom. The first kappa shape index (κ1) is 13.6. The molecule has 2 aromatic rings. The predicted octanol–water partition coefficient (Wildman–Crippen LogP) is 4.12. The number of alkyl halides is 1. The Kier molecular flexibility index (Phi) is 4.58. The Balaban J connectivity index is 2.10. The van der Waals surface area contributed by atoms with Crippen molar-refractivity contribution in [3.05, 3.63) is 54.1 Å². The van der Waals surface area contributed by atoms with E-state index < -0.39 is 0 Å². The van der Waals surface area contributed by atoms with E-state index in [1.807, 2.05) is 49.4 Å². The summed E-state index contributed by atoms with van der Waals surface area (Å²) in [5.74, 6) is 1.37. The topological polar surface area (TPSA) is 38.3 Å². The van der Waals surface area contributed by atoms with Gasteiger partial charge in [0.1, 0.15) is 11.5 Å². The number of halogens is 1. The van der Waals surface area contributed by atoms with E-state index in [1.54, 1.807) is 6.07 Å². The van der Waals surface area contributed by atoms with Gasteiger partial charge in [0.05, 0.1) is 5.33 Å². The Labute approximate surface area is 120 Å². The minimum absolute atomic E-state index is 0.0903. The predicted molar refractivity (Wildman–Crippen MR) is 80.1 cm³/mol. The molecule has 0 aliphatic rings. The number of amides is 1. The average molecular weight is 320 g/mol. The first-order valence-electron chi connectivity index (χ1n) is 5.88. The Morgan fingerprint density at radius 3 is 2.58 bits per heavy atom. The lowest BCUT2D eigenvalue weighted by Gasteiger charge is -2.08. The molecule has 4 heteroatoms. The highest BCUT2D eigenvalue weighted by atomic mass is 79.9. The van der Waals surface area contributed by atoms with Crippen molar-refractivity contribution >= 4 is 27.5 Å². The molecule has 0 bridgehead atoms. The van der Waals surface area contributed by atoms with Crippen LogP contribution in [0.25, 0.3) is 0 Å². The minimum atomic E-state index is -0.0903. The zero-order valence-corrected chi connectivity index (χ0v) is 12.1. The molecule has 0 unspecified atom stereocenters. The van der Waals surface area contributed by atoms with E-state index in [0.29, 0.717) is 11.4 Å². The highest BCUT2D eigenvalue weighted by molar-refractivity contribution is 9.09. The van der Waals surface area contributed by atoms with Crippen LogP contribution in [0.2, 0.25) is 0 Å². The molecule has 0 heterocycles. The standard InChI is InChI=1S/C15H14BrNO2/c1-11-5-7-13(8-6-11)19-14-4-2-3-12(9-14)17-15(18)10-16/h2-9H,10H2,1H3,(H,17,18). The van der Waals surface area contributed by atoms with Crippen molar-refractivity contribution in [2.24, 2.45) is 0 Å². The smallest absolute Gasteiger partial charge is 0.235 e. The largest absolute Gasteiger partial charge is 0.457 e. The third kappa shape index (κ3) is 4.10. The molecule has 3 nitrogen and oxygen atoms in total. The molecule has 2 aromatic carbocycles. The molecule has 0 saturated heterocycles. The Morgan fingerprint density at radius 1 is 1.16 bits per heavy atom. The van der Waals surface area contributed by atoms with Crippen LogP contribution in [0, 0.1) is 6.92 Å². The second kappa shape index (κ2) is 6.38. The minimum Gasteiger partial charge on any atom is -0.457 e. The van der Waals surface area contributed by atoms with Crippen molar-refractivity contribution in [2.45, 2.75) is 6.92 Å². The summed E-state index contributed by atoms with van der Waals surface area (Å²) in [5.41, 5.74) is 1.90. The van der Waals surface area contributed by atoms with Crippen LogP contribution in [0.4, 0.5) is 5.69 Å². The second-order valence-corrected chi connectivity index (χ2v) is 4.69. The maximum atomic E-state index is 11.3. The van der Waals surface area contributed by atoms with Gasteiger partial charge in [-0.1, -0.05) is 39.7 Å². The molecule has 2 rings (SSSR count). The van der Waals surface area contributed by atoms with E-state index in [0.717, 1.165) is 5.75 Å². The highest BCUT2D eigenvalue weighted by Crippen LogP contribution is 2.24. The van der Waals surface area contributed by atoms with Crippen molar-refractivity contribution in [3.8, 4) is 11.5 Å². The third-order valence-electron chi connectivity index (χ3n) is 2.50. The summed E-state index contributed by atoms with van der Waals surface area (Å²) in [7, 11) is 0. The fourth-order valence-corrected chi connectivity index (χ4v) is 1.71. The van der Waals surface area contributed by atoms with Crippen molar-refractivity contribution in [3.63, 3.8) is 0 Å². The van der Waals surface area contributed by atoms with E-state index in [-0.39, 0.29) is 11.2 Å². The monoisotopic (exact) mass is 319 g/mol. The molecular formula is C15H14BrNO2. The summed E-state index contributed by atoms with van der Waals surface area (Å²) in [6.45, 7) is 2.03. The number of anilines is 1. The number of carbonyl (C=O) groups excluding carboxylic acids is 1. The number of rotatable bonds is 4. The van der Waals surface area contributed by atoms with E-state index >= 15 is 0 Å². The molecule has 0 fully saturated rings. The fraction of sp³-hybridized carbons (Fsp3) is 0.133. The summed E-state index contributed by atoms with van der Waals surface area (Å²) in [6, 6.07) is 15.1. The van der Waals surface area contributed by atoms with Crippen molar-refractivity contribution in [2.75, 3.05) is 10.6 Å². The maximum absolute atomic E-state index is 11.3. The van der Waals surface area contributed by atoms with Gasteiger partial charge < -0.3 is 10.1 Å². The molecule has 0 spiro atoms. The summed E-state index contributed by atoms with van der Waals surface area (Å²) < 4.78 is 5.73. The van der Waals surface area contributed by atoms with Gasteiger partial charge in [0.15, 0.2) is 0 Å². The van der Waals surface area contributed by atoms with Gasteiger partial charge in [0.25, 0.3) is 0 Å². The van der Waals surface area contributed by atoms with E-state index in [2.05, 4.69) is 21.2 Å². The molecule has 98 valence electrons. The van der Waals surface area contributed by atoms with Gasteiger partial charge in [-0.15, -0.1) is 0 Å². The zero-order chi connectivity index (χ0) is 13.7. The summed E-state index contributed by atoms with van der Waals surface area (Å²) in [4.78, 5) is 11.3. The number of ether oxygens (including phenoxy) is 1. The maximum Gasteiger partial charge on any atom is 0.235 e. The first-order chi connectivity index (χ1) is 9.17. The number of benzene rings is 2. The first-order valence-corrected chi connectivity index (χ1v) is 7.00. The van der Waals surface area contributed by atoms with Crippen LogP contribution < -0.4 is 10.1 Å². The van der Waals surface area contributed by atoms with Gasteiger partial charge >= 0.3 is 0 Å². The van der Waals surface area contributed by atoms with Crippen molar-refractivity contribution in [1.29, 1.82) is 0 Å². The molecule has 1 N–H and O–H groups in total. The van der Waals surface area contributed by atoms with Crippen LogP contribution in [0.5, 0.6) is 11.5 Å². The second-order valence-electron chi connectivity index (χ2n) is 4.12. The zero-order valence-electron chi connectivity index (χ0n) is 10.5. The number of nitrogens with one attached hydrogen (secondary N) is 1. The third-order valence-corrected chi connectivity index (χ3v) is 3.01. The highest BCUT2D eigenvalue weighted by Gasteiger charge is 2.02. The lowest BCUT2D eigenvalue weighted by molar-refractivity contribution is -0.113. The van der Waals surface area contributed by atoms with Crippen LogP contribution in [-0.2, 0) is 4.79 Å². The molecule has 19 heavy (non-hydrogen) atoms. The number of hydrogen-bond donors (Lipinski definition) is 1. The number of carbonyl (C=O) groups is 1. The molecule has 0 radical (unpaired) electrons. The molecular weight excluding hydrogens is 306 g/mol. The van der Waals surface area contributed by atoms with Gasteiger partial charge in [-0.3, -0.25) is 4.79 Å². The van der Waals surface area contributed by atoms with Gasteiger partial charge in [0, 0.05) is 11.8 Å². The van der Waals surface area contributed by atoms with Crippen LogP contribution in [0.15, 0.2) is 48.5 Å². The summed E-state index contributed by atoms with van der Waals surface area (Å²) in [6.07, 6.45) is 0. The van der Waals surface area contributed by atoms with Gasteiger partial charge in [-0.2, -0.15) is 0 Å². The van der Waals surface area contributed by atoms with Crippen LogP contribution in [-0.4, -0.2) is 11.2 Å². The Bertz CT molecular complexity index is 567. The normalized spacial score (nSPS) is 10.0. The molecule has 0 saturated carbocycles. The lowest BCUT2D eigenvalue weighted by atomic mass is 10.2. The SMILES string of the molecule is Cc1ccc(Oc2cccc(NC(=O)CBr)c2)cc1. The molecule has 1 amide bonds. The summed E-state index contributed by atoms with van der Waals surface area (Å²) in [5, 5.41) is 3.03. The Hall–Kier alpha value is -1.81. The van der Waals surface area contributed by atoms with Crippen molar-refractivity contribution < 1.29 is 9.53 Å². The molecule has 0 aromatic heterocycles. The average Bonchev–Trinajstić information content (AvgIpc) is 2.42. The van der Waals surface area contributed by atoms with Crippen LogP contribution >= 0.6 is 15.9 Å². The van der Waals surface area contributed by atoms with Crippen LogP contribution in [0.1, 0.15) is 5.56 Å². The van der Waals surface area contributed by atoms with Gasteiger partial charge in [-0.05, 0) is 31.2 Å². The van der Waals surface area contributed by atoms with Gasteiger partial charge in [-0.25, -0.2) is 0 Å². The fourth-order valence-electron chi connectivity index (χ4n) is 1.57. The van der Waals surface area contributed by atoms with E-state index in [9.17, 15) is 4.79 Å². The van der Waals surface area contributed by atoms with Crippen molar-refractivity contribution in [1.82, 2.24) is 0 Å². The quantitative estimate of drug-likeness (QED) is 0.861.